The van der Waals surface area contributed by atoms with Gasteiger partial charge in [-0.25, -0.2) is 0 Å². The third-order valence-corrected chi connectivity index (χ3v) is 5.29. The van der Waals surface area contributed by atoms with Gasteiger partial charge in [-0.05, 0) is 30.3 Å². The summed E-state index contributed by atoms with van der Waals surface area (Å²) in [6.07, 6.45) is 1.79. The van der Waals surface area contributed by atoms with E-state index in [1.807, 2.05) is 41.8 Å². The molecule has 0 aliphatic rings. The van der Waals surface area contributed by atoms with E-state index in [1.54, 1.807) is 30.3 Å². The largest absolute Gasteiger partial charge is 0.378 e. The van der Waals surface area contributed by atoms with E-state index in [9.17, 15) is 4.79 Å². The molecule has 29 heavy (non-hydrogen) atoms. The number of allylic oxidation sites excluding steroid dienone is 1. The SMILES string of the molecule is C=CCn1c(SCC(=O)Nc2cccc(Cl)c2)nnc1-c1cccc(N(C)C)c1. The number of nitrogens with one attached hydrogen (secondary N) is 1. The first kappa shape index (κ1) is 21.0. The molecule has 0 spiro atoms. The minimum atomic E-state index is -0.137. The maximum Gasteiger partial charge on any atom is 0.234 e. The van der Waals surface area contributed by atoms with E-state index in [2.05, 4.69) is 28.2 Å². The lowest BCUT2D eigenvalue weighted by Gasteiger charge is -2.14. The molecule has 0 aliphatic heterocycles. The van der Waals surface area contributed by atoms with E-state index >= 15 is 0 Å². The number of thioether (sulfide) groups is 1. The van der Waals surface area contributed by atoms with Crippen LogP contribution in [0.1, 0.15) is 0 Å². The van der Waals surface area contributed by atoms with Crippen molar-refractivity contribution in [3.05, 3.63) is 66.2 Å². The van der Waals surface area contributed by atoms with Crippen LogP contribution in [0.2, 0.25) is 5.02 Å². The molecule has 8 heteroatoms. The van der Waals surface area contributed by atoms with Crippen molar-refractivity contribution in [1.29, 1.82) is 0 Å². The highest BCUT2D eigenvalue weighted by Crippen LogP contribution is 2.27. The first-order chi connectivity index (χ1) is 14.0. The molecule has 0 saturated heterocycles. The number of nitrogens with zero attached hydrogens (tertiary/aromatic N) is 4. The van der Waals surface area contributed by atoms with Crippen LogP contribution in [-0.2, 0) is 11.3 Å². The number of halogens is 1. The summed E-state index contributed by atoms with van der Waals surface area (Å²) < 4.78 is 1.96. The van der Waals surface area contributed by atoms with Crippen LogP contribution in [0.3, 0.4) is 0 Å². The topological polar surface area (TPSA) is 63.1 Å². The molecule has 0 atom stereocenters. The monoisotopic (exact) mass is 427 g/mol. The molecular formula is C21H22ClN5OS. The molecule has 150 valence electrons. The lowest BCUT2D eigenvalue weighted by molar-refractivity contribution is -0.113. The molecule has 0 bridgehead atoms. The lowest BCUT2D eigenvalue weighted by Crippen LogP contribution is -2.14. The Kier molecular flexibility index (Phi) is 6.95. The van der Waals surface area contributed by atoms with Crippen LogP contribution in [0, 0.1) is 0 Å². The Morgan fingerprint density at radius 3 is 2.76 bits per heavy atom. The summed E-state index contributed by atoms with van der Waals surface area (Å²) in [6.45, 7) is 4.38. The molecule has 0 fully saturated rings. The van der Waals surface area contributed by atoms with Crippen molar-refractivity contribution in [2.24, 2.45) is 0 Å². The van der Waals surface area contributed by atoms with Crippen molar-refractivity contribution in [2.45, 2.75) is 11.7 Å². The summed E-state index contributed by atoms with van der Waals surface area (Å²) in [4.78, 5) is 14.3. The maximum absolute atomic E-state index is 12.3. The zero-order chi connectivity index (χ0) is 20.8. The minimum absolute atomic E-state index is 0.137. The molecule has 1 N–H and O–H groups in total. The number of carbonyl (C=O) groups is 1. The maximum atomic E-state index is 12.3. The van der Waals surface area contributed by atoms with Gasteiger partial charge in [-0.15, -0.1) is 16.8 Å². The molecule has 1 amide bonds. The number of carbonyl (C=O) groups excluding carboxylic acids is 1. The number of hydrogen-bond donors (Lipinski definition) is 1. The van der Waals surface area contributed by atoms with Gasteiger partial charge in [0.25, 0.3) is 0 Å². The fraction of sp³-hybridized carbons (Fsp3) is 0.190. The van der Waals surface area contributed by atoms with Crippen LogP contribution in [0.4, 0.5) is 11.4 Å². The van der Waals surface area contributed by atoms with Gasteiger partial charge in [-0.3, -0.25) is 9.36 Å². The fourth-order valence-electron chi connectivity index (χ4n) is 2.72. The second kappa shape index (κ2) is 9.62. The van der Waals surface area contributed by atoms with Crippen LogP contribution >= 0.6 is 23.4 Å². The standard InChI is InChI=1S/C21H22ClN5OS/c1-4-11-27-20(15-7-5-10-18(12-15)26(2)3)24-25-21(27)29-14-19(28)23-17-9-6-8-16(22)13-17/h4-10,12-13H,1,11,14H2,2-3H3,(H,23,28). The normalized spacial score (nSPS) is 10.6. The molecule has 2 aromatic carbocycles. The van der Waals surface area contributed by atoms with Gasteiger partial charge in [0, 0.05) is 42.6 Å². The van der Waals surface area contributed by atoms with E-state index in [0.29, 0.717) is 22.4 Å². The Hall–Kier alpha value is -2.77. The van der Waals surface area contributed by atoms with Crippen molar-refractivity contribution >= 4 is 40.6 Å². The first-order valence-corrected chi connectivity index (χ1v) is 10.3. The van der Waals surface area contributed by atoms with Crippen LogP contribution in [-0.4, -0.2) is 40.5 Å². The Morgan fingerprint density at radius 1 is 1.24 bits per heavy atom. The first-order valence-electron chi connectivity index (χ1n) is 8.98. The molecule has 3 aromatic rings. The number of amides is 1. The van der Waals surface area contributed by atoms with E-state index in [4.69, 9.17) is 11.6 Å². The summed E-state index contributed by atoms with van der Waals surface area (Å²) in [6, 6.07) is 15.1. The molecule has 0 unspecified atom stereocenters. The number of benzene rings is 2. The van der Waals surface area contributed by atoms with E-state index < -0.39 is 0 Å². The fourth-order valence-corrected chi connectivity index (χ4v) is 3.66. The van der Waals surface area contributed by atoms with Gasteiger partial charge in [-0.2, -0.15) is 0 Å². The van der Waals surface area contributed by atoms with Crippen LogP contribution in [0.15, 0.2) is 66.3 Å². The van der Waals surface area contributed by atoms with Crippen molar-refractivity contribution in [3.8, 4) is 11.4 Å². The highest BCUT2D eigenvalue weighted by Gasteiger charge is 2.15. The number of aromatic nitrogens is 3. The minimum Gasteiger partial charge on any atom is -0.378 e. The molecule has 1 aromatic heterocycles. The van der Waals surface area contributed by atoms with E-state index in [1.165, 1.54) is 11.8 Å². The Labute approximate surface area is 179 Å². The summed E-state index contributed by atoms with van der Waals surface area (Å²) in [5, 5.41) is 12.7. The smallest absolute Gasteiger partial charge is 0.234 e. The zero-order valence-electron chi connectivity index (χ0n) is 16.3. The molecule has 0 saturated carbocycles. The van der Waals surface area contributed by atoms with Crippen molar-refractivity contribution in [3.63, 3.8) is 0 Å². The van der Waals surface area contributed by atoms with Gasteiger partial charge >= 0.3 is 0 Å². The van der Waals surface area contributed by atoms with Crippen molar-refractivity contribution < 1.29 is 4.79 Å². The molecule has 1 heterocycles. The Bertz CT molecular complexity index is 1020. The summed E-state index contributed by atoms with van der Waals surface area (Å²) in [5.74, 6) is 0.812. The van der Waals surface area contributed by atoms with Crippen molar-refractivity contribution in [2.75, 3.05) is 30.1 Å². The van der Waals surface area contributed by atoms with Gasteiger partial charge < -0.3 is 10.2 Å². The van der Waals surface area contributed by atoms with Crippen LogP contribution in [0.25, 0.3) is 11.4 Å². The predicted molar refractivity (Wildman–Crippen MR) is 121 cm³/mol. The summed E-state index contributed by atoms with van der Waals surface area (Å²) in [5.41, 5.74) is 2.70. The summed E-state index contributed by atoms with van der Waals surface area (Å²) in [7, 11) is 3.99. The highest BCUT2D eigenvalue weighted by atomic mass is 35.5. The van der Waals surface area contributed by atoms with Gasteiger partial charge in [0.15, 0.2) is 11.0 Å². The zero-order valence-corrected chi connectivity index (χ0v) is 17.9. The molecule has 0 radical (unpaired) electrons. The van der Waals surface area contributed by atoms with E-state index in [-0.39, 0.29) is 11.7 Å². The van der Waals surface area contributed by atoms with Crippen molar-refractivity contribution in [1.82, 2.24) is 14.8 Å². The molecule has 3 rings (SSSR count). The van der Waals surface area contributed by atoms with Crippen LogP contribution in [0.5, 0.6) is 0 Å². The third kappa shape index (κ3) is 5.40. The van der Waals surface area contributed by atoms with Gasteiger partial charge in [0.1, 0.15) is 0 Å². The molecular weight excluding hydrogens is 406 g/mol. The predicted octanol–water partition coefficient (Wildman–Crippen LogP) is 4.58. The Morgan fingerprint density at radius 2 is 2.03 bits per heavy atom. The number of hydrogen-bond acceptors (Lipinski definition) is 5. The Balaban J connectivity index is 1.75. The third-order valence-electron chi connectivity index (χ3n) is 4.09. The van der Waals surface area contributed by atoms with Gasteiger partial charge in [0.05, 0.1) is 5.75 Å². The second-order valence-corrected chi connectivity index (χ2v) is 7.88. The van der Waals surface area contributed by atoms with E-state index in [0.717, 1.165) is 17.1 Å². The van der Waals surface area contributed by atoms with Crippen LogP contribution < -0.4 is 10.2 Å². The average Bonchev–Trinajstić information content (AvgIpc) is 3.09. The number of rotatable bonds is 8. The number of anilines is 2. The lowest BCUT2D eigenvalue weighted by atomic mass is 10.2. The van der Waals surface area contributed by atoms with Gasteiger partial charge in [0.2, 0.25) is 5.91 Å². The highest BCUT2D eigenvalue weighted by molar-refractivity contribution is 7.99. The molecule has 0 aliphatic carbocycles. The molecule has 6 nitrogen and oxygen atoms in total. The average molecular weight is 428 g/mol. The second-order valence-electron chi connectivity index (χ2n) is 6.50. The summed E-state index contributed by atoms with van der Waals surface area (Å²) >= 11 is 7.29. The van der Waals surface area contributed by atoms with Gasteiger partial charge in [-0.1, -0.05) is 47.6 Å². The quantitative estimate of drug-likeness (QED) is 0.421.